The van der Waals surface area contributed by atoms with Gasteiger partial charge in [0.1, 0.15) is 11.3 Å². The number of hydrogen-bond acceptors (Lipinski definition) is 3. The largest absolute Gasteiger partial charge is 0.485 e. The third-order valence-corrected chi connectivity index (χ3v) is 4.40. The molecule has 1 saturated heterocycles. The van der Waals surface area contributed by atoms with Gasteiger partial charge in [-0.25, -0.2) is 4.39 Å². The Balaban J connectivity index is 1.57. The number of benzene rings is 1. The maximum atomic E-state index is 13.5. The van der Waals surface area contributed by atoms with Gasteiger partial charge in [-0.3, -0.25) is 9.58 Å². The summed E-state index contributed by atoms with van der Waals surface area (Å²) in [5.41, 5.74) is 2.11. The first-order valence-corrected chi connectivity index (χ1v) is 7.80. The molecule has 1 fully saturated rings. The first-order valence-electron chi connectivity index (χ1n) is 7.42. The number of rotatable bonds is 5. The molecule has 1 aliphatic heterocycles. The number of hydrogen-bond donors (Lipinski definition) is 0. The average Bonchev–Trinajstić information content (AvgIpc) is 2.74. The molecule has 4 nitrogen and oxygen atoms in total. The zero-order valence-electron chi connectivity index (χ0n) is 12.7. The van der Waals surface area contributed by atoms with Gasteiger partial charge in [0.2, 0.25) is 0 Å². The molecule has 0 bridgehead atoms. The highest BCUT2D eigenvalue weighted by atomic mass is 35.5. The van der Waals surface area contributed by atoms with Crippen molar-refractivity contribution in [1.29, 1.82) is 0 Å². The number of halogens is 2. The SMILES string of the molecule is CCc1nn(C)c(Cl)c1CN1CC(Oc2ccccc2F)C1. The summed E-state index contributed by atoms with van der Waals surface area (Å²) in [6.45, 7) is 4.36. The highest BCUT2D eigenvalue weighted by molar-refractivity contribution is 6.30. The number of aromatic nitrogens is 2. The molecular formula is C16H19ClFN3O. The summed E-state index contributed by atoms with van der Waals surface area (Å²) >= 11 is 6.30. The minimum atomic E-state index is -0.315. The van der Waals surface area contributed by atoms with Crippen LogP contribution < -0.4 is 4.74 Å². The molecule has 1 aromatic heterocycles. The summed E-state index contributed by atoms with van der Waals surface area (Å²) in [5.74, 6) is 0.00494. The Morgan fingerprint density at radius 3 is 2.77 bits per heavy atom. The molecule has 118 valence electrons. The lowest BCUT2D eigenvalue weighted by molar-refractivity contribution is 0.0122. The molecule has 0 N–H and O–H groups in total. The van der Waals surface area contributed by atoms with Gasteiger partial charge in [0.05, 0.1) is 5.69 Å². The van der Waals surface area contributed by atoms with Crippen LogP contribution in [0.25, 0.3) is 0 Å². The van der Waals surface area contributed by atoms with Gasteiger partial charge in [-0.2, -0.15) is 5.10 Å². The van der Waals surface area contributed by atoms with Gasteiger partial charge in [-0.1, -0.05) is 30.7 Å². The van der Waals surface area contributed by atoms with Crippen molar-refractivity contribution in [3.8, 4) is 5.75 Å². The third-order valence-electron chi connectivity index (χ3n) is 3.92. The van der Waals surface area contributed by atoms with Crippen LogP contribution in [-0.4, -0.2) is 33.9 Å². The lowest BCUT2D eigenvalue weighted by Gasteiger charge is -2.39. The van der Waals surface area contributed by atoms with Crippen LogP contribution in [0.1, 0.15) is 18.2 Å². The smallest absolute Gasteiger partial charge is 0.165 e. The van der Waals surface area contributed by atoms with Crippen molar-refractivity contribution in [1.82, 2.24) is 14.7 Å². The third kappa shape index (κ3) is 2.96. The van der Waals surface area contributed by atoms with Gasteiger partial charge in [-0.05, 0) is 18.6 Å². The first kappa shape index (κ1) is 15.3. The molecular weight excluding hydrogens is 305 g/mol. The average molecular weight is 324 g/mol. The van der Waals surface area contributed by atoms with Crippen molar-refractivity contribution < 1.29 is 9.13 Å². The van der Waals surface area contributed by atoms with Crippen molar-refractivity contribution in [2.45, 2.75) is 26.0 Å². The van der Waals surface area contributed by atoms with E-state index in [1.807, 2.05) is 7.05 Å². The Morgan fingerprint density at radius 2 is 2.09 bits per heavy atom. The summed E-state index contributed by atoms with van der Waals surface area (Å²) in [5, 5.41) is 5.11. The van der Waals surface area contributed by atoms with E-state index in [-0.39, 0.29) is 11.9 Å². The van der Waals surface area contributed by atoms with Gasteiger partial charge in [0.25, 0.3) is 0 Å². The van der Waals surface area contributed by atoms with Crippen molar-refractivity contribution >= 4 is 11.6 Å². The summed E-state index contributed by atoms with van der Waals surface area (Å²) in [6.07, 6.45) is 0.885. The van der Waals surface area contributed by atoms with Crippen LogP contribution in [0.15, 0.2) is 24.3 Å². The monoisotopic (exact) mass is 323 g/mol. The molecule has 0 aliphatic carbocycles. The van der Waals surface area contributed by atoms with E-state index < -0.39 is 0 Å². The van der Waals surface area contributed by atoms with Crippen molar-refractivity contribution in [2.75, 3.05) is 13.1 Å². The number of nitrogens with zero attached hydrogens (tertiary/aromatic N) is 3. The second-order valence-corrected chi connectivity index (χ2v) is 5.92. The molecule has 0 atom stereocenters. The van der Waals surface area contributed by atoms with E-state index >= 15 is 0 Å². The Hall–Kier alpha value is -1.59. The fourth-order valence-electron chi connectivity index (χ4n) is 2.71. The molecule has 0 unspecified atom stereocenters. The van der Waals surface area contributed by atoms with E-state index in [0.717, 1.165) is 37.3 Å². The van der Waals surface area contributed by atoms with Crippen LogP contribution in [0.2, 0.25) is 5.15 Å². The van der Waals surface area contributed by atoms with Gasteiger partial charge in [0.15, 0.2) is 11.6 Å². The lowest BCUT2D eigenvalue weighted by atomic mass is 10.1. The van der Waals surface area contributed by atoms with Crippen LogP contribution in [-0.2, 0) is 20.0 Å². The molecule has 0 spiro atoms. The highest BCUT2D eigenvalue weighted by Crippen LogP contribution is 2.26. The predicted molar refractivity (Wildman–Crippen MR) is 83.7 cm³/mol. The minimum Gasteiger partial charge on any atom is -0.485 e. The molecule has 6 heteroatoms. The van der Waals surface area contributed by atoms with E-state index in [0.29, 0.717) is 10.9 Å². The van der Waals surface area contributed by atoms with E-state index in [2.05, 4.69) is 16.9 Å². The van der Waals surface area contributed by atoms with Crippen LogP contribution in [0.4, 0.5) is 4.39 Å². The zero-order chi connectivity index (χ0) is 15.7. The zero-order valence-corrected chi connectivity index (χ0v) is 13.5. The molecule has 22 heavy (non-hydrogen) atoms. The molecule has 0 amide bonds. The fraction of sp³-hybridized carbons (Fsp3) is 0.438. The van der Waals surface area contributed by atoms with Gasteiger partial charge in [0, 0.05) is 32.2 Å². The molecule has 0 radical (unpaired) electrons. The van der Waals surface area contributed by atoms with Crippen molar-refractivity contribution in [2.24, 2.45) is 7.05 Å². The Morgan fingerprint density at radius 1 is 1.36 bits per heavy atom. The molecule has 1 aliphatic rings. The fourth-order valence-corrected chi connectivity index (χ4v) is 2.92. The number of para-hydroxylation sites is 1. The first-order chi connectivity index (χ1) is 10.6. The van der Waals surface area contributed by atoms with Crippen LogP contribution in [0.5, 0.6) is 5.75 Å². The number of aryl methyl sites for hydroxylation is 2. The molecule has 2 aromatic rings. The van der Waals surface area contributed by atoms with Crippen LogP contribution in [0, 0.1) is 5.82 Å². The summed E-state index contributed by atoms with van der Waals surface area (Å²) < 4.78 is 20.9. The summed E-state index contributed by atoms with van der Waals surface area (Å²) in [6, 6.07) is 6.50. The molecule has 0 saturated carbocycles. The standard InChI is InChI=1S/C16H19ClFN3O/c1-3-14-12(16(17)20(2)19-14)10-21-8-11(9-21)22-15-7-5-4-6-13(15)18/h4-7,11H,3,8-10H2,1-2H3. The normalized spacial score (nSPS) is 15.8. The Labute approximate surface area is 134 Å². The van der Waals surface area contributed by atoms with Gasteiger partial charge in [-0.15, -0.1) is 0 Å². The van der Waals surface area contributed by atoms with Gasteiger partial charge >= 0.3 is 0 Å². The van der Waals surface area contributed by atoms with Crippen molar-refractivity contribution in [3.05, 3.63) is 46.5 Å². The maximum absolute atomic E-state index is 13.5. The van der Waals surface area contributed by atoms with E-state index in [4.69, 9.17) is 16.3 Å². The van der Waals surface area contributed by atoms with Gasteiger partial charge < -0.3 is 4.74 Å². The number of ether oxygens (including phenoxy) is 1. The Bertz CT molecular complexity index is 667. The summed E-state index contributed by atoms with van der Waals surface area (Å²) in [7, 11) is 1.85. The van der Waals surface area contributed by atoms with E-state index in [1.54, 1.807) is 22.9 Å². The molecule has 1 aromatic carbocycles. The van der Waals surface area contributed by atoms with Crippen LogP contribution in [0.3, 0.4) is 0 Å². The predicted octanol–water partition coefficient (Wildman–Crippen LogP) is 3.04. The molecule has 3 rings (SSSR count). The summed E-state index contributed by atoms with van der Waals surface area (Å²) in [4.78, 5) is 2.23. The molecule has 2 heterocycles. The lowest BCUT2D eigenvalue weighted by Crippen LogP contribution is -2.53. The maximum Gasteiger partial charge on any atom is 0.165 e. The number of likely N-dealkylation sites (tertiary alicyclic amines) is 1. The quantitative estimate of drug-likeness (QED) is 0.847. The second kappa shape index (κ2) is 6.26. The topological polar surface area (TPSA) is 30.3 Å². The van der Waals surface area contributed by atoms with E-state index in [9.17, 15) is 4.39 Å². The minimum absolute atomic E-state index is 0.0254. The van der Waals surface area contributed by atoms with E-state index in [1.165, 1.54) is 6.07 Å². The van der Waals surface area contributed by atoms with Crippen LogP contribution >= 0.6 is 11.6 Å². The second-order valence-electron chi connectivity index (χ2n) is 5.56. The highest BCUT2D eigenvalue weighted by Gasteiger charge is 2.30. The van der Waals surface area contributed by atoms with Crippen molar-refractivity contribution in [3.63, 3.8) is 0 Å². The Kier molecular flexibility index (Phi) is 4.36.